The fourth-order valence-corrected chi connectivity index (χ4v) is 2.69. The molecule has 11 heavy (non-hydrogen) atoms. The Hall–Kier alpha value is 0.110. The molecule has 66 valence electrons. The zero-order valence-electron chi connectivity index (χ0n) is 6.53. The van der Waals surface area contributed by atoms with E-state index in [2.05, 4.69) is 5.32 Å². The molecule has 0 bridgehead atoms. The molecule has 1 aliphatic heterocycles. The smallest absolute Gasteiger partial charge is 0.324 e. The second-order valence-corrected chi connectivity index (χ2v) is 4.88. The normalized spacial score (nSPS) is 33.7. The second-order valence-electron chi connectivity index (χ2n) is 3.04. The first-order valence-electron chi connectivity index (χ1n) is 3.80. The van der Waals surface area contributed by atoms with Gasteiger partial charge >= 0.3 is 7.60 Å². The fraction of sp³-hybridized carbons (Fsp3) is 1.00. The lowest BCUT2D eigenvalue weighted by molar-refractivity contribution is 0.318. The van der Waals surface area contributed by atoms with Crippen molar-refractivity contribution in [2.24, 2.45) is 0 Å². The van der Waals surface area contributed by atoms with Crippen molar-refractivity contribution in [3.8, 4) is 0 Å². The highest BCUT2D eigenvalue weighted by atomic mass is 31.2. The molecule has 4 nitrogen and oxygen atoms in total. The van der Waals surface area contributed by atoms with Gasteiger partial charge < -0.3 is 15.1 Å². The number of hydrogen-bond acceptors (Lipinski definition) is 2. The Morgan fingerprint density at radius 1 is 1.55 bits per heavy atom. The van der Waals surface area contributed by atoms with E-state index in [0.717, 1.165) is 13.0 Å². The van der Waals surface area contributed by atoms with Gasteiger partial charge in [-0.15, -0.1) is 0 Å². The predicted octanol–water partition coefficient (Wildman–Crippen LogP) is 0.305. The molecule has 1 saturated heterocycles. The van der Waals surface area contributed by atoms with Gasteiger partial charge in [-0.25, -0.2) is 0 Å². The van der Waals surface area contributed by atoms with Crippen LogP contribution in [0.3, 0.4) is 0 Å². The summed E-state index contributed by atoms with van der Waals surface area (Å²) in [6.07, 6.45) is 1.50. The molecule has 1 rings (SSSR count). The summed E-state index contributed by atoms with van der Waals surface area (Å²) in [6, 6.07) is -0.0513. The van der Waals surface area contributed by atoms with Crippen molar-refractivity contribution in [2.75, 3.05) is 6.54 Å². The van der Waals surface area contributed by atoms with E-state index in [1.165, 1.54) is 0 Å². The summed E-state index contributed by atoms with van der Waals surface area (Å²) in [5.41, 5.74) is -0.476. The van der Waals surface area contributed by atoms with E-state index in [1.807, 2.05) is 6.92 Å². The summed E-state index contributed by atoms with van der Waals surface area (Å²) in [5, 5.41) is 3.05. The molecule has 0 aliphatic carbocycles. The van der Waals surface area contributed by atoms with Crippen LogP contribution in [0, 0.1) is 0 Å². The second kappa shape index (κ2) is 3.23. The Morgan fingerprint density at radius 2 is 2.18 bits per heavy atom. The van der Waals surface area contributed by atoms with E-state index in [9.17, 15) is 4.57 Å². The standard InChI is InChI=1S/C6H14NO3P/c1-5-6(11(8,9)10)3-2-4-7-5/h5-7H,2-4H2,1H3,(H2,8,9,10). The van der Waals surface area contributed by atoms with Crippen LogP contribution in [0.15, 0.2) is 0 Å². The highest BCUT2D eigenvalue weighted by Crippen LogP contribution is 2.45. The summed E-state index contributed by atoms with van der Waals surface area (Å²) in [6.45, 7) is 2.70. The molecule has 0 aromatic rings. The molecule has 0 saturated carbocycles. The molecule has 2 unspecified atom stereocenters. The lowest BCUT2D eigenvalue weighted by Crippen LogP contribution is -2.42. The Labute approximate surface area is 66.2 Å². The van der Waals surface area contributed by atoms with Gasteiger partial charge in [0.1, 0.15) is 0 Å². The topological polar surface area (TPSA) is 69.6 Å². The average Bonchev–Trinajstić information content (AvgIpc) is 1.86. The van der Waals surface area contributed by atoms with E-state index in [0.29, 0.717) is 6.42 Å². The van der Waals surface area contributed by atoms with Crippen LogP contribution in [0.2, 0.25) is 0 Å². The monoisotopic (exact) mass is 179 g/mol. The number of rotatable bonds is 1. The van der Waals surface area contributed by atoms with Crippen molar-refractivity contribution in [3.63, 3.8) is 0 Å². The van der Waals surface area contributed by atoms with Gasteiger partial charge in [-0.1, -0.05) is 0 Å². The molecule has 5 heteroatoms. The largest absolute Gasteiger partial charge is 0.330 e. The minimum absolute atomic E-state index is 0.0513. The highest BCUT2D eigenvalue weighted by Gasteiger charge is 2.34. The minimum Gasteiger partial charge on any atom is -0.324 e. The van der Waals surface area contributed by atoms with E-state index in [1.54, 1.807) is 0 Å². The molecule has 2 atom stereocenters. The summed E-state index contributed by atoms with van der Waals surface area (Å²) in [4.78, 5) is 17.8. The van der Waals surface area contributed by atoms with Crippen LogP contribution in [-0.2, 0) is 4.57 Å². The van der Waals surface area contributed by atoms with Crippen LogP contribution in [-0.4, -0.2) is 28.0 Å². The van der Waals surface area contributed by atoms with Crippen molar-refractivity contribution < 1.29 is 14.4 Å². The van der Waals surface area contributed by atoms with Crippen molar-refractivity contribution in [2.45, 2.75) is 31.5 Å². The molecule has 0 aromatic carbocycles. The molecule has 0 amide bonds. The molecule has 1 heterocycles. The van der Waals surface area contributed by atoms with Gasteiger partial charge in [0, 0.05) is 6.04 Å². The third kappa shape index (κ3) is 2.27. The maximum Gasteiger partial charge on any atom is 0.330 e. The SMILES string of the molecule is CC1NCCCC1P(=O)(O)O. The molecular formula is C6H14NO3P. The Kier molecular flexibility index (Phi) is 2.70. The van der Waals surface area contributed by atoms with Crippen molar-refractivity contribution in [1.29, 1.82) is 0 Å². The zero-order valence-corrected chi connectivity index (χ0v) is 7.42. The molecule has 0 spiro atoms. The number of nitrogens with one attached hydrogen (secondary N) is 1. The van der Waals surface area contributed by atoms with E-state index in [4.69, 9.17) is 9.79 Å². The van der Waals surface area contributed by atoms with Crippen molar-refractivity contribution in [1.82, 2.24) is 5.32 Å². The molecule has 3 N–H and O–H groups in total. The third-order valence-electron chi connectivity index (χ3n) is 2.15. The Morgan fingerprint density at radius 3 is 2.55 bits per heavy atom. The van der Waals surface area contributed by atoms with Crippen molar-refractivity contribution in [3.05, 3.63) is 0 Å². The third-order valence-corrected chi connectivity index (χ3v) is 3.72. The maximum absolute atomic E-state index is 10.9. The quantitative estimate of drug-likeness (QED) is 0.506. The summed E-state index contributed by atoms with van der Waals surface area (Å²) in [5.74, 6) is 0. The van der Waals surface area contributed by atoms with Crippen LogP contribution in [0.25, 0.3) is 0 Å². The van der Waals surface area contributed by atoms with Gasteiger partial charge in [0.05, 0.1) is 5.66 Å². The molecule has 0 radical (unpaired) electrons. The van der Waals surface area contributed by atoms with E-state index < -0.39 is 13.3 Å². The fourth-order valence-electron chi connectivity index (χ4n) is 1.49. The minimum atomic E-state index is -3.86. The van der Waals surface area contributed by atoms with Crippen LogP contribution in [0.4, 0.5) is 0 Å². The average molecular weight is 179 g/mol. The lowest BCUT2D eigenvalue weighted by Gasteiger charge is -2.30. The summed E-state index contributed by atoms with van der Waals surface area (Å²) in [7, 11) is -3.86. The van der Waals surface area contributed by atoms with Gasteiger partial charge in [-0.3, -0.25) is 4.57 Å². The first-order valence-corrected chi connectivity index (χ1v) is 5.48. The summed E-state index contributed by atoms with van der Waals surface area (Å²) < 4.78 is 10.9. The highest BCUT2D eigenvalue weighted by molar-refractivity contribution is 7.52. The Bertz CT molecular complexity index is 179. The van der Waals surface area contributed by atoms with Crippen LogP contribution < -0.4 is 5.32 Å². The number of hydrogen-bond donors (Lipinski definition) is 3. The van der Waals surface area contributed by atoms with E-state index in [-0.39, 0.29) is 6.04 Å². The van der Waals surface area contributed by atoms with E-state index >= 15 is 0 Å². The van der Waals surface area contributed by atoms with Gasteiger partial charge in [0.2, 0.25) is 0 Å². The van der Waals surface area contributed by atoms with Gasteiger partial charge in [-0.2, -0.15) is 0 Å². The van der Waals surface area contributed by atoms with Crippen molar-refractivity contribution >= 4 is 7.60 Å². The molecule has 0 aromatic heterocycles. The van der Waals surface area contributed by atoms with Crippen LogP contribution in [0.5, 0.6) is 0 Å². The number of piperidine rings is 1. The van der Waals surface area contributed by atoms with Gasteiger partial charge in [0.25, 0.3) is 0 Å². The van der Waals surface area contributed by atoms with Gasteiger partial charge in [0.15, 0.2) is 0 Å². The molecular weight excluding hydrogens is 165 g/mol. The maximum atomic E-state index is 10.9. The summed E-state index contributed by atoms with van der Waals surface area (Å²) >= 11 is 0. The predicted molar refractivity (Wildman–Crippen MR) is 42.5 cm³/mol. The zero-order chi connectivity index (χ0) is 8.48. The van der Waals surface area contributed by atoms with Gasteiger partial charge in [-0.05, 0) is 26.3 Å². The molecule has 1 fully saturated rings. The first kappa shape index (κ1) is 9.20. The Balaban J connectivity index is 2.62. The first-order chi connectivity index (χ1) is 5.02. The lowest BCUT2D eigenvalue weighted by atomic mass is 10.1. The van der Waals surface area contributed by atoms with Crippen LogP contribution in [0.1, 0.15) is 19.8 Å². The molecule has 1 aliphatic rings. The van der Waals surface area contributed by atoms with Crippen LogP contribution >= 0.6 is 7.60 Å².